The van der Waals surface area contributed by atoms with E-state index in [-0.39, 0.29) is 11.7 Å². The van der Waals surface area contributed by atoms with Gasteiger partial charge in [0.2, 0.25) is 0 Å². The zero-order chi connectivity index (χ0) is 18.7. The van der Waals surface area contributed by atoms with Gasteiger partial charge < -0.3 is 24.4 Å². The minimum absolute atomic E-state index is 0.0213. The van der Waals surface area contributed by atoms with E-state index >= 15 is 0 Å². The average molecular weight is 356 g/mol. The Balaban J connectivity index is 1.71. The van der Waals surface area contributed by atoms with Crippen LogP contribution < -0.4 is 14.4 Å². The Labute approximate surface area is 153 Å². The lowest BCUT2D eigenvalue weighted by molar-refractivity contribution is 0.0746. The van der Waals surface area contributed by atoms with Gasteiger partial charge in [-0.05, 0) is 43.3 Å². The number of hydrogen-bond donors (Lipinski definition) is 1. The van der Waals surface area contributed by atoms with Crippen molar-refractivity contribution in [2.24, 2.45) is 0 Å². The molecular weight excluding hydrogens is 332 g/mol. The molecule has 26 heavy (non-hydrogen) atoms. The molecule has 0 atom stereocenters. The molecule has 1 aliphatic rings. The summed E-state index contributed by atoms with van der Waals surface area (Å²) >= 11 is 0. The summed E-state index contributed by atoms with van der Waals surface area (Å²) in [7, 11) is 3.18. The molecule has 138 valence electrons. The molecule has 0 spiro atoms. The summed E-state index contributed by atoms with van der Waals surface area (Å²) in [5.74, 6) is 1.53. The van der Waals surface area contributed by atoms with E-state index in [2.05, 4.69) is 4.90 Å². The first kappa shape index (κ1) is 17.9. The molecule has 0 aliphatic carbocycles. The third-order valence-electron chi connectivity index (χ3n) is 4.78. The lowest BCUT2D eigenvalue weighted by atomic mass is 10.1. The molecule has 6 heteroatoms. The molecule has 1 fully saturated rings. The van der Waals surface area contributed by atoms with Gasteiger partial charge in [0.1, 0.15) is 17.2 Å². The van der Waals surface area contributed by atoms with Gasteiger partial charge in [0, 0.05) is 43.0 Å². The number of aromatic hydroxyl groups is 1. The van der Waals surface area contributed by atoms with Crippen LogP contribution in [0.4, 0.5) is 5.69 Å². The zero-order valence-corrected chi connectivity index (χ0v) is 15.4. The van der Waals surface area contributed by atoms with E-state index in [4.69, 9.17) is 9.47 Å². The van der Waals surface area contributed by atoms with Crippen LogP contribution in [0.5, 0.6) is 17.2 Å². The third-order valence-corrected chi connectivity index (χ3v) is 4.78. The second-order valence-electron chi connectivity index (χ2n) is 6.30. The fourth-order valence-corrected chi connectivity index (χ4v) is 3.22. The first-order valence-corrected chi connectivity index (χ1v) is 8.59. The van der Waals surface area contributed by atoms with Gasteiger partial charge in [0.05, 0.1) is 14.2 Å². The Morgan fingerprint density at radius 3 is 2.00 bits per heavy atom. The van der Waals surface area contributed by atoms with Gasteiger partial charge in [-0.3, -0.25) is 4.79 Å². The van der Waals surface area contributed by atoms with Crippen LogP contribution >= 0.6 is 0 Å². The fourth-order valence-electron chi connectivity index (χ4n) is 3.22. The van der Waals surface area contributed by atoms with Gasteiger partial charge in [0.15, 0.2) is 0 Å². The van der Waals surface area contributed by atoms with Crippen molar-refractivity contribution in [3.05, 3.63) is 47.5 Å². The van der Waals surface area contributed by atoms with Gasteiger partial charge in [-0.25, -0.2) is 0 Å². The quantitative estimate of drug-likeness (QED) is 0.913. The highest BCUT2D eigenvalue weighted by Gasteiger charge is 2.24. The molecule has 0 radical (unpaired) electrons. The smallest absolute Gasteiger partial charge is 0.254 e. The van der Waals surface area contributed by atoms with Gasteiger partial charge in [-0.1, -0.05) is 0 Å². The Morgan fingerprint density at radius 2 is 1.50 bits per heavy atom. The van der Waals surface area contributed by atoms with Gasteiger partial charge >= 0.3 is 0 Å². The topological polar surface area (TPSA) is 62.2 Å². The maximum Gasteiger partial charge on any atom is 0.254 e. The summed E-state index contributed by atoms with van der Waals surface area (Å²) in [6.45, 7) is 4.67. The molecule has 1 aliphatic heterocycles. The summed E-state index contributed by atoms with van der Waals surface area (Å²) in [6.07, 6.45) is 0. The van der Waals surface area contributed by atoms with E-state index in [0.29, 0.717) is 30.2 Å². The van der Waals surface area contributed by atoms with E-state index in [0.717, 1.165) is 24.3 Å². The molecular formula is C20H24N2O4. The van der Waals surface area contributed by atoms with Crippen LogP contribution in [0.3, 0.4) is 0 Å². The van der Waals surface area contributed by atoms with Crippen molar-refractivity contribution in [1.29, 1.82) is 0 Å². The van der Waals surface area contributed by atoms with Crippen molar-refractivity contribution in [2.45, 2.75) is 6.92 Å². The number of benzene rings is 2. The third kappa shape index (κ3) is 3.54. The fraction of sp³-hybridized carbons (Fsp3) is 0.350. The van der Waals surface area contributed by atoms with Crippen LogP contribution in [0.15, 0.2) is 36.4 Å². The van der Waals surface area contributed by atoms with Crippen LogP contribution in [0.1, 0.15) is 15.9 Å². The Kier molecular flexibility index (Phi) is 5.21. The summed E-state index contributed by atoms with van der Waals surface area (Å²) in [4.78, 5) is 17.0. The molecule has 2 aromatic rings. The number of nitrogens with zero attached hydrogens (tertiary/aromatic N) is 2. The van der Waals surface area contributed by atoms with Crippen molar-refractivity contribution in [3.63, 3.8) is 0 Å². The normalized spacial score (nSPS) is 14.3. The number of piperazine rings is 1. The number of anilines is 1. The highest BCUT2D eigenvalue weighted by Crippen LogP contribution is 2.30. The van der Waals surface area contributed by atoms with Crippen LogP contribution in [-0.2, 0) is 0 Å². The summed E-state index contributed by atoms with van der Waals surface area (Å²) in [5.41, 5.74) is 2.50. The molecule has 0 bridgehead atoms. The molecule has 0 unspecified atom stereocenters. The molecule has 1 saturated heterocycles. The molecule has 1 heterocycles. The maximum absolute atomic E-state index is 12.9. The Bertz CT molecular complexity index is 756. The number of ether oxygens (including phenoxy) is 2. The Hall–Kier alpha value is -2.89. The minimum atomic E-state index is -0.0213. The molecule has 1 amide bonds. The number of methoxy groups -OCH3 is 2. The standard InChI is InChI=1S/C20H24N2O4/c1-14-18(25-2)12-15(13-19(14)26-3)20(24)22-10-8-21(9-11-22)16-4-6-17(23)7-5-16/h4-7,12-13,23H,8-11H2,1-3H3. The number of phenols is 1. The zero-order valence-electron chi connectivity index (χ0n) is 15.4. The lowest BCUT2D eigenvalue weighted by Crippen LogP contribution is -2.48. The summed E-state index contributed by atoms with van der Waals surface area (Å²) in [6, 6.07) is 10.7. The molecule has 0 aromatic heterocycles. The number of carbonyl (C=O) groups is 1. The van der Waals surface area contributed by atoms with Crippen molar-refractivity contribution in [1.82, 2.24) is 4.90 Å². The van der Waals surface area contributed by atoms with E-state index in [1.54, 1.807) is 38.5 Å². The average Bonchev–Trinajstić information content (AvgIpc) is 2.68. The first-order valence-electron chi connectivity index (χ1n) is 8.59. The Morgan fingerprint density at radius 1 is 0.962 bits per heavy atom. The van der Waals surface area contributed by atoms with Crippen LogP contribution in [0, 0.1) is 6.92 Å². The number of phenolic OH excluding ortho intramolecular Hbond substituents is 1. The molecule has 2 aromatic carbocycles. The van der Waals surface area contributed by atoms with Gasteiger partial charge in [0.25, 0.3) is 5.91 Å². The number of hydrogen-bond acceptors (Lipinski definition) is 5. The van der Waals surface area contributed by atoms with Gasteiger partial charge in [-0.15, -0.1) is 0 Å². The van der Waals surface area contributed by atoms with Crippen molar-refractivity contribution >= 4 is 11.6 Å². The molecule has 6 nitrogen and oxygen atoms in total. The highest BCUT2D eigenvalue weighted by atomic mass is 16.5. The monoisotopic (exact) mass is 356 g/mol. The largest absolute Gasteiger partial charge is 0.508 e. The number of rotatable bonds is 4. The highest BCUT2D eigenvalue weighted by molar-refractivity contribution is 5.95. The summed E-state index contributed by atoms with van der Waals surface area (Å²) < 4.78 is 10.7. The van der Waals surface area contributed by atoms with Crippen molar-refractivity contribution in [2.75, 3.05) is 45.3 Å². The van der Waals surface area contributed by atoms with Crippen molar-refractivity contribution < 1.29 is 19.4 Å². The van der Waals surface area contributed by atoms with E-state index in [9.17, 15) is 9.90 Å². The van der Waals surface area contributed by atoms with Crippen LogP contribution in [0.25, 0.3) is 0 Å². The van der Waals surface area contributed by atoms with E-state index in [1.807, 2.05) is 24.0 Å². The van der Waals surface area contributed by atoms with E-state index in [1.165, 1.54) is 0 Å². The first-order chi connectivity index (χ1) is 12.5. The maximum atomic E-state index is 12.9. The van der Waals surface area contributed by atoms with E-state index < -0.39 is 0 Å². The second kappa shape index (κ2) is 7.56. The molecule has 3 rings (SSSR count). The molecule has 1 N–H and O–H groups in total. The van der Waals surface area contributed by atoms with Gasteiger partial charge in [-0.2, -0.15) is 0 Å². The predicted octanol–water partition coefficient (Wildman–Crippen LogP) is 2.68. The minimum Gasteiger partial charge on any atom is -0.508 e. The van der Waals surface area contributed by atoms with Crippen LogP contribution in [0.2, 0.25) is 0 Å². The number of amides is 1. The van der Waals surface area contributed by atoms with Crippen LogP contribution in [-0.4, -0.2) is 56.3 Å². The second-order valence-corrected chi connectivity index (χ2v) is 6.30. The van der Waals surface area contributed by atoms with Crippen molar-refractivity contribution in [3.8, 4) is 17.2 Å². The SMILES string of the molecule is COc1cc(C(=O)N2CCN(c3ccc(O)cc3)CC2)cc(OC)c1C. The molecule has 0 saturated carbocycles. The lowest BCUT2D eigenvalue weighted by Gasteiger charge is -2.36. The number of carbonyl (C=O) groups excluding carboxylic acids is 1. The predicted molar refractivity (Wildman–Crippen MR) is 101 cm³/mol. The summed E-state index contributed by atoms with van der Waals surface area (Å²) in [5, 5.41) is 9.41.